The first-order valence-corrected chi connectivity index (χ1v) is 6.76. The highest BCUT2D eigenvalue weighted by molar-refractivity contribution is 6.04. The van der Waals surface area contributed by atoms with Crippen molar-refractivity contribution in [1.29, 1.82) is 0 Å². The van der Waals surface area contributed by atoms with Crippen LogP contribution in [0, 0.1) is 10.1 Å². The molecule has 5 heteroatoms. The molecule has 0 aliphatic carbocycles. The molecule has 0 amide bonds. The van der Waals surface area contributed by atoms with E-state index >= 15 is 0 Å². The van der Waals surface area contributed by atoms with Crippen LogP contribution in [0.1, 0.15) is 0 Å². The standard InChI is InChI=1S/C17H10N2O3/c20-19(21)14-8-4-3-7-13(14)17-18-16-12-6-2-1-5-11(12)9-10-15(16)22-17/h1-10H. The Labute approximate surface area is 125 Å². The van der Waals surface area contributed by atoms with Crippen LogP contribution < -0.4 is 0 Å². The Bertz CT molecular complexity index is 1020. The van der Waals surface area contributed by atoms with E-state index < -0.39 is 4.92 Å². The number of benzene rings is 3. The van der Waals surface area contributed by atoms with Gasteiger partial charge in [-0.3, -0.25) is 10.1 Å². The molecule has 22 heavy (non-hydrogen) atoms. The second-order valence-electron chi connectivity index (χ2n) is 4.93. The number of rotatable bonds is 2. The summed E-state index contributed by atoms with van der Waals surface area (Å²) in [5.41, 5.74) is 1.70. The lowest BCUT2D eigenvalue weighted by Crippen LogP contribution is -1.91. The maximum absolute atomic E-state index is 11.2. The molecule has 5 nitrogen and oxygen atoms in total. The van der Waals surface area contributed by atoms with Crippen molar-refractivity contribution in [2.24, 2.45) is 0 Å². The lowest BCUT2D eigenvalue weighted by Gasteiger charge is -1.96. The minimum absolute atomic E-state index is 0.0154. The summed E-state index contributed by atoms with van der Waals surface area (Å²) < 4.78 is 5.74. The van der Waals surface area contributed by atoms with Crippen molar-refractivity contribution in [1.82, 2.24) is 4.98 Å². The van der Waals surface area contributed by atoms with E-state index in [0.29, 0.717) is 16.7 Å². The molecule has 0 bridgehead atoms. The fourth-order valence-electron chi connectivity index (χ4n) is 2.59. The Balaban J connectivity index is 2.01. The van der Waals surface area contributed by atoms with Gasteiger partial charge >= 0.3 is 0 Å². The van der Waals surface area contributed by atoms with Crippen LogP contribution in [-0.4, -0.2) is 9.91 Å². The zero-order chi connectivity index (χ0) is 15.1. The van der Waals surface area contributed by atoms with Crippen LogP contribution in [0.3, 0.4) is 0 Å². The van der Waals surface area contributed by atoms with E-state index in [1.165, 1.54) is 6.07 Å². The lowest BCUT2D eigenvalue weighted by atomic mass is 10.1. The van der Waals surface area contributed by atoms with Gasteiger partial charge in [0.05, 0.1) is 4.92 Å². The molecule has 0 saturated carbocycles. The van der Waals surface area contributed by atoms with Crippen LogP contribution in [0.5, 0.6) is 0 Å². The number of para-hydroxylation sites is 1. The molecule has 0 fully saturated rings. The van der Waals surface area contributed by atoms with Crippen molar-refractivity contribution < 1.29 is 9.34 Å². The second kappa shape index (κ2) is 4.66. The van der Waals surface area contributed by atoms with E-state index in [1.54, 1.807) is 18.2 Å². The van der Waals surface area contributed by atoms with Crippen molar-refractivity contribution in [3.05, 3.63) is 70.8 Å². The van der Waals surface area contributed by atoms with E-state index in [2.05, 4.69) is 4.98 Å². The summed E-state index contributed by atoms with van der Waals surface area (Å²) >= 11 is 0. The van der Waals surface area contributed by atoms with E-state index in [9.17, 15) is 10.1 Å². The van der Waals surface area contributed by atoms with E-state index in [4.69, 9.17) is 4.42 Å². The molecule has 0 spiro atoms. The molecule has 0 unspecified atom stereocenters. The van der Waals surface area contributed by atoms with Gasteiger partial charge in [0.15, 0.2) is 5.58 Å². The first-order valence-electron chi connectivity index (χ1n) is 6.76. The predicted octanol–water partition coefficient (Wildman–Crippen LogP) is 4.56. The maximum Gasteiger partial charge on any atom is 0.282 e. The van der Waals surface area contributed by atoms with Crippen LogP contribution in [0.4, 0.5) is 5.69 Å². The number of fused-ring (bicyclic) bond motifs is 3. The normalized spacial score (nSPS) is 11.1. The van der Waals surface area contributed by atoms with Crippen molar-refractivity contribution in [3.8, 4) is 11.5 Å². The molecule has 0 aliphatic rings. The van der Waals surface area contributed by atoms with Crippen LogP contribution >= 0.6 is 0 Å². The predicted molar refractivity (Wildman–Crippen MR) is 83.6 cm³/mol. The Morgan fingerprint density at radius 1 is 0.955 bits per heavy atom. The average molecular weight is 290 g/mol. The minimum Gasteiger partial charge on any atom is -0.436 e. The topological polar surface area (TPSA) is 69.2 Å². The maximum atomic E-state index is 11.2. The molecule has 4 rings (SSSR count). The van der Waals surface area contributed by atoms with Gasteiger partial charge in [0.25, 0.3) is 5.69 Å². The van der Waals surface area contributed by atoms with Gasteiger partial charge in [-0.2, -0.15) is 0 Å². The van der Waals surface area contributed by atoms with Crippen LogP contribution in [0.15, 0.2) is 65.1 Å². The molecule has 0 aliphatic heterocycles. The molecule has 1 heterocycles. The minimum atomic E-state index is -0.428. The fraction of sp³-hybridized carbons (Fsp3) is 0. The largest absolute Gasteiger partial charge is 0.436 e. The van der Waals surface area contributed by atoms with Gasteiger partial charge in [-0.15, -0.1) is 0 Å². The third kappa shape index (κ3) is 1.83. The van der Waals surface area contributed by atoms with Gasteiger partial charge in [-0.1, -0.05) is 42.5 Å². The van der Waals surface area contributed by atoms with Gasteiger partial charge in [-0.25, -0.2) is 4.98 Å². The van der Waals surface area contributed by atoms with Crippen molar-refractivity contribution in [2.45, 2.75) is 0 Å². The SMILES string of the molecule is O=[N+]([O-])c1ccccc1-c1nc2c(ccc3ccccc32)o1. The van der Waals surface area contributed by atoms with E-state index in [-0.39, 0.29) is 11.6 Å². The number of hydrogen-bond donors (Lipinski definition) is 0. The lowest BCUT2D eigenvalue weighted by molar-refractivity contribution is -0.384. The molecule has 0 radical (unpaired) electrons. The average Bonchev–Trinajstić information content (AvgIpc) is 2.99. The van der Waals surface area contributed by atoms with E-state index in [1.807, 2.05) is 36.4 Å². The molecule has 4 aromatic rings. The Morgan fingerprint density at radius 3 is 2.59 bits per heavy atom. The quantitative estimate of drug-likeness (QED) is 0.401. The van der Waals surface area contributed by atoms with Crippen molar-refractivity contribution in [2.75, 3.05) is 0 Å². The number of nitrogens with zero attached hydrogens (tertiary/aromatic N) is 2. The number of aromatic nitrogens is 1. The number of nitro groups is 1. The Hall–Kier alpha value is -3.21. The smallest absolute Gasteiger partial charge is 0.282 e. The molecule has 0 saturated heterocycles. The van der Waals surface area contributed by atoms with Gasteiger partial charge < -0.3 is 4.42 Å². The zero-order valence-corrected chi connectivity index (χ0v) is 11.4. The summed E-state index contributed by atoms with van der Waals surface area (Å²) in [4.78, 5) is 15.2. The van der Waals surface area contributed by atoms with Gasteiger partial charge in [0.2, 0.25) is 5.89 Å². The monoisotopic (exact) mass is 290 g/mol. The van der Waals surface area contributed by atoms with Crippen LogP contribution in [0.25, 0.3) is 33.3 Å². The summed E-state index contributed by atoms with van der Waals surface area (Å²) in [6, 6.07) is 18.1. The van der Waals surface area contributed by atoms with Crippen molar-refractivity contribution >= 4 is 27.6 Å². The fourth-order valence-corrected chi connectivity index (χ4v) is 2.59. The summed E-state index contributed by atoms with van der Waals surface area (Å²) in [7, 11) is 0. The molecule has 1 aromatic heterocycles. The molecule has 0 N–H and O–H groups in total. The van der Waals surface area contributed by atoms with Crippen LogP contribution in [-0.2, 0) is 0 Å². The zero-order valence-electron chi connectivity index (χ0n) is 11.4. The Morgan fingerprint density at radius 2 is 1.73 bits per heavy atom. The third-order valence-electron chi connectivity index (χ3n) is 3.61. The van der Waals surface area contributed by atoms with Crippen molar-refractivity contribution in [3.63, 3.8) is 0 Å². The molecule has 0 atom stereocenters. The third-order valence-corrected chi connectivity index (χ3v) is 3.61. The summed E-state index contributed by atoms with van der Waals surface area (Å²) in [5, 5.41) is 13.2. The number of nitro benzene ring substituents is 1. The first kappa shape index (κ1) is 12.5. The number of hydrogen-bond acceptors (Lipinski definition) is 4. The van der Waals surface area contributed by atoms with Gasteiger partial charge in [0, 0.05) is 11.5 Å². The first-order chi connectivity index (χ1) is 10.7. The van der Waals surface area contributed by atoms with E-state index in [0.717, 1.165) is 10.8 Å². The highest BCUT2D eigenvalue weighted by atomic mass is 16.6. The highest BCUT2D eigenvalue weighted by Gasteiger charge is 2.19. The molecule has 106 valence electrons. The highest BCUT2D eigenvalue weighted by Crippen LogP contribution is 2.33. The molecular weight excluding hydrogens is 280 g/mol. The van der Waals surface area contributed by atoms with Crippen LogP contribution in [0.2, 0.25) is 0 Å². The molecule has 3 aromatic carbocycles. The summed E-state index contributed by atoms with van der Waals surface area (Å²) in [5.74, 6) is 0.263. The van der Waals surface area contributed by atoms with Gasteiger partial charge in [0.1, 0.15) is 11.1 Å². The molecular formula is C17H10N2O3. The Kier molecular flexibility index (Phi) is 2.66. The number of oxazole rings is 1. The summed E-state index contributed by atoms with van der Waals surface area (Å²) in [6.45, 7) is 0. The van der Waals surface area contributed by atoms with Gasteiger partial charge in [-0.05, 0) is 17.5 Å². The summed E-state index contributed by atoms with van der Waals surface area (Å²) in [6.07, 6.45) is 0. The second-order valence-corrected chi connectivity index (χ2v) is 4.93.